The van der Waals surface area contributed by atoms with Gasteiger partial charge >= 0.3 is 0 Å². The Morgan fingerprint density at radius 3 is 1.73 bits per heavy atom. The van der Waals surface area contributed by atoms with Gasteiger partial charge in [0.25, 0.3) is 0 Å². The van der Waals surface area contributed by atoms with E-state index in [1.807, 2.05) is 0 Å². The molecule has 2 heteroatoms. The summed E-state index contributed by atoms with van der Waals surface area (Å²) in [4.78, 5) is 4.98. The number of hydrogen-bond donors (Lipinski definition) is 0. The first kappa shape index (κ1) is 18.5. The van der Waals surface area contributed by atoms with E-state index in [1.165, 1.54) is 16.0 Å². The van der Waals surface area contributed by atoms with E-state index in [1.54, 1.807) is 11.3 Å². The van der Waals surface area contributed by atoms with Gasteiger partial charge in [-0.2, -0.15) is 0 Å². The Balaban J connectivity index is 1.57. The molecule has 0 unspecified atom stereocenters. The second kappa shape index (κ2) is 9.97. The number of hydrogen-bond acceptors (Lipinski definition) is 2. The van der Waals surface area contributed by atoms with Crippen LogP contribution in [0.25, 0.3) is 0 Å². The third-order valence-corrected chi connectivity index (χ3v) is 5.67. The Kier molecular flexibility index (Phi) is 7.07. The number of thiophene rings is 1. The van der Waals surface area contributed by atoms with Crippen LogP contribution in [0.15, 0.2) is 72.8 Å². The van der Waals surface area contributed by atoms with Crippen LogP contribution in [0.5, 0.6) is 0 Å². The Bertz CT molecular complexity index is 771. The molecule has 0 amide bonds. The van der Waals surface area contributed by atoms with Gasteiger partial charge < -0.3 is 4.90 Å². The highest BCUT2D eigenvalue weighted by atomic mass is 32.1. The molecule has 0 radical (unpaired) electrons. The summed E-state index contributed by atoms with van der Waals surface area (Å²) in [5.74, 6) is 2.73. The Hall–Kier alpha value is -2.34. The number of benzene rings is 2. The normalized spacial score (nSPS) is 10.8. The highest BCUT2D eigenvalue weighted by Crippen LogP contribution is 2.16. The third kappa shape index (κ3) is 5.88. The van der Waals surface area contributed by atoms with E-state index < -0.39 is 0 Å². The van der Waals surface area contributed by atoms with Crippen molar-refractivity contribution in [2.24, 2.45) is 0 Å². The number of nitrogens with zero attached hydrogens (tertiary/aromatic N) is 1. The molecule has 3 rings (SSSR count). The summed E-state index contributed by atoms with van der Waals surface area (Å²) in [6.45, 7) is 3.25. The van der Waals surface area contributed by atoms with Gasteiger partial charge in [-0.15, -0.1) is 17.8 Å². The largest absolute Gasteiger partial charge is 0.302 e. The maximum atomic E-state index is 5.49. The summed E-state index contributed by atoms with van der Waals surface area (Å²) in [6, 6.07) is 25.7. The lowest BCUT2D eigenvalue weighted by molar-refractivity contribution is 0.284. The van der Waals surface area contributed by atoms with E-state index in [4.69, 9.17) is 6.42 Å². The van der Waals surface area contributed by atoms with E-state index in [0.717, 1.165) is 43.8 Å². The van der Waals surface area contributed by atoms with Gasteiger partial charge in [0.05, 0.1) is 4.88 Å². The minimum Gasteiger partial charge on any atom is -0.302 e. The lowest BCUT2D eigenvalue weighted by atomic mass is 10.1. The molecule has 0 atom stereocenters. The molecule has 0 N–H and O–H groups in total. The van der Waals surface area contributed by atoms with Crippen molar-refractivity contribution in [3.8, 4) is 12.3 Å². The monoisotopic (exact) mass is 359 g/mol. The van der Waals surface area contributed by atoms with Crippen LogP contribution in [-0.4, -0.2) is 24.5 Å². The second-order valence-corrected chi connectivity index (χ2v) is 7.64. The van der Waals surface area contributed by atoms with E-state index in [0.29, 0.717) is 0 Å². The lowest BCUT2D eigenvalue weighted by Gasteiger charge is -2.22. The van der Waals surface area contributed by atoms with Gasteiger partial charge in [0.1, 0.15) is 0 Å². The Morgan fingerprint density at radius 2 is 1.23 bits per heavy atom. The SMILES string of the molecule is C#Cc1ccc(CCN(CCc2ccccc2)CCc2ccccc2)s1. The van der Waals surface area contributed by atoms with E-state index in [2.05, 4.69) is 83.6 Å². The lowest BCUT2D eigenvalue weighted by Crippen LogP contribution is -2.30. The first-order valence-corrected chi connectivity index (χ1v) is 10.0. The molecule has 1 heterocycles. The molecular formula is C24H25NS. The molecule has 1 aromatic heterocycles. The van der Waals surface area contributed by atoms with Crippen molar-refractivity contribution in [2.75, 3.05) is 19.6 Å². The zero-order valence-corrected chi connectivity index (χ0v) is 15.9. The molecule has 0 saturated carbocycles. The van der Waals surface area contributed by atoms with Crippen molar-refractivity contribution in [3.05, 3.63) is 93.7 Å². The molecule has 1 nitrogen and oxygen atoms in total. The van der Waals surface area contributed by atoms with Gasteiger partial charge in [-0.3, -0.25) is 0 Å². The van der Waals surface area contributed by atoms with Gasteiger partial charge in [0.2, 0.25) is 0 Å². The molecule has 0 spiro atoms. The maximum Gasteiger partial charge on any atom is 0.0768 e. The Labute approximate surface area is 161 Å². The van der Waals surface area contributed by atoms with Gasteiger partial charge in [0.15, 0.2) is 0 Å². The number of rotatable bonds is 9. The summed E-state index contributed by atoms with van der Waals surface area (Å²) >= 11 is 1.74. The molecular weight excluding hydrogens is 334 g/mol. The van der Waals surface area contributed by atoms with Crippen molar-refractivity contribution in [2.45, 2.75) is 19.3 Å². The minimum atomic E-state index is 1.03. The van der Waals surface area contributed by atoms with Crippen LogP contribution in [0, 0.1) is 12.3 Å². The van der Waals surface area contributed by atoms with Crippen molar-refractivity contribution < 1.29 is 0 Å². The molecule has 26 heavy (non-hydrogen) atoms. The summed E-state index contributed by atoms with van der Waals surface area (Å²) < 4.78 is 0. The molecule has 0 aliphatic carbocycles. The van der Waals surface area contributed by atoms with Crippen LogP contribution in [0.1, 0.15) is 20.9 Å². The second-order valence-electron chi connectivity index (χ2n) is 6.47. The van der Waals surface area contributed by atoms with E-state index in [-0.39, 0.29) is 0 Å². The van der Waals surface area contributed by atoms with Crippen LogP contribution in [0.3, 0.4) is 0 Å². The minimum absolute atomic E-state index is 1.03. The molecule has 132 valence electrons. The number of terminal acetylenes is 1. The average Bonchev–Trinajstić information content (AvgIpc) is 3.17. The smallest absolute Gasteiger partial charge is 0.0768 e. The zero-order chi connectivity index (χ0) is 18.0. The van der Waals surface area contributed by atoms with Crippen molar-refractivity contribution >= 4 is 11.3 Å². The van der Waals surface area contributed by atoms with E-state index >= 15 is 0 Å². The molecule has 3 aromatic rings. The Morgan fingerprint density at radius 1 is 0.692 bits per heavy atom. The fraction of sp³-hybridized carbons (Fsp3) is 0.250. The highest BCUT2D eigenvalue weighted by Gasteiger charge is 2.08. The molecule has 0 aliphatic heterocycles. The molecule has 0 bridgehead atoms. The molecule has 0 aliphatic rings. The van der Waals surface area contributed by atoms with Crippen LogP contribution < -0.4 is 0 Å². The average molecular weight is 360 g/mol. The third-order valence-electron chi connectivity index (χ3n) is 4.60. The predicted molar refractivity (Wildman–Crippen MR) is 113 cm³/mol. The summed E-state index contributed by atoms with van der Waals surface area (Å²) in [5, 5.41) is 0. The van der Waals surface area contributed by atoms with Gasteiger partial charge in [-0.25, -0.2) is 0 Å². The van der Waals surface area contributed by atoms with Crippen LogP contribution >= 0.6 is 11.3 Å². The van der Waals surface area contributed by atoms with Gasteiger partial charge in [-0.05, 0) is 42.5 Å². The zero-order valence-electron chi connectivity index (χ0n) is 15.1. The van der Waals surface area contributed by atoms with Gasteiger partial charge in [-0.1, -0.05) is 66.6 Å². The fourth-order valence-corrected chi connectivity index (χ4v) is 3.86. The van der Waals surface area contributed by atoms with Crippen molar-refractivity contribution in [1.82, 2.24) is 4.90 Å². The standard InChI is InChI=1S/C24H25NS/c1-2-23-13-14-24(26-23)17-20-25(18-15-21-9-5-3-6-10-21)19-16-22-11-7-4-8-12-22/h1,3-14H,15-20H2. The van der Waals surface area contributed by atoms with Gasteiger partial charge in [0, 0.05) is 24.5 Å². The first-order chi connectivity index (χ1) is 12.8. The molecule has 0 fully saturated rings. The van der Waals surface area contributed by atoms with E-state index in [9.17, 15) is 0 Å². The summed E-state index contributed by atoms with van der Waals surface area (Å²) in [5.41, 5.74) is 2.81. The van der Waals surface area contributed by atoms with Crippen molar-refractivity contribution in [1.29, 1.82) is 0 Å². The highest BCUT2D eigenvalue weighted by molar-refractivity contribution is 7.12. The van der Waals surface area contributed by atoms with Crippen LogP contribution in [0.4, 0.5) is 0 Å². The summed E-state index contributed by atoms with van der Waals surface area (Å²) in [7, 11) is 0. The maximum absolute atomic E-state index is 5.49. The predicted octanol–water partition coefficient (Wildman–Crippen LogP) is 5.06. The molecule has 2 aromatic carbocycles. The topological polar surface area (TPSA) is 3.24 Å². The first-order valence-electron chi connectivity index (χ1n) is 9.19. The van der Waals surface area contributed by atoms with Crippen LogP contribution in [0.2, 0.25) is 0 Å². The molecule has 0 saturated heterocycles. The van der Waals surface area contributed by atoms with Crippen LogP contribution in [-0.2, 0) is 19.3 Å². The summed E-state index contributed by atoms with van der Waals surface area (Å²) in [6.07, 6.45) is 8.74. The van der Waals surface area contributed by atoms with Crippen molar-refractivity contribution in [3.63, 3.8) is 0 Å². The fourth-order valence-electron chi connectivity index (χ4n) is 3.06. The quantitative estimate of drug-likeness (QED) is 0.483.